The summed E-state index contributed by atoms with van der Waals surface area (Å²) in [6.07, 6.45) is 0. The maximum Gasteiger partial charge on any atom is 0.269 e. The van der Waals surface area contributed by atoms with Crippen LogP contribution in [0.5, 0.6) is 0 Å². The first-order valence-electron chi connectivity index (χ1n) is 8.38. The molecule has 5 nitrogen and oxygen atoms in total. The highest BCUT2D eigenvalue weighted by Crippen LogP contribution is 2.17. The van der Waals surface area contributed by atoms with Gasteiger partial charge in [-0.15, -0.1) is 0 Å². The van der Waals surface area contributed by atoms with E-state index in [0.717, 1.165) is 23.4 Å². The molecule has 0 saturated carbocycles. The molecule has 0 unspecified atom stereocenters. The van der Waals surface area contributed by atoms with Crippen LogP contribution in [0.4, 0.5) is 0 Å². The van der Waals surface area contributed by atoms with Gasteiger partial charge in [0.25, 0.3) is 5.91 Å². The quantitative estimate of drug-likeness (QED) is 0.641. The van der Waals surface area contributed by atoms with Gasteiger partial charge in [0.05, 0.1) is 19.8 Å². The molecule has 3 N–H and O–H groups in total. The molecule has 0 aliphatic rings. The Morgan fingerprint density at radius 2 is 1.72 bits per heavy atom. The van der Waals surface area contributed by atoms with E-state index in [0.29, 0.717) is 12.2 Å². The molecule has 3 aromatic rings. The monoisotopic (exact) mass is 335 g/mol. The number of nitrogens with one attached hydrogen (secondary N) is 3. The molecule has 25 heavy (non-hydrogen) atoms. The van der Waals surface area contributed by atoms with Gasteiger partial charge in [0.2, 0.25) is 0 Å². The Bertz CT molecular complexity index is 840. The Balaban J connectivity index is 1.67. The first-order valence-corrected chi connectivity index (χ1v) is 8.38. The van der Waals surface area contributed by atoms with Gasteiger partial charge in [-0.2, -0.15) is 5.10 Å². The molecular weight excluding hydrogens is 312 g/mol. The zero-order valence-corrected chi connectivity index (χ0v) is 14.5. The first-order chi connectivity index (χ1) is 12.1. The fraction of sp³-hybridized carbons (Fsp3) is 0.200. The third-order valence-electron chi connectivity index (χ3n) is 3.99. The van der Waals surface area contributed by atoms with Gasteiger partial charge >= 0.3 is 0 Å². The number of aromatic amines is 1. The Labute approximate surface area is 147 Å². The summed E-state index contributed by atoms with van der Waals surface area (Å²) >= 11 is 0. The van der Waals surface area contributed by atoms with E-state index in [1.807, 2.05) is 42.5 Å². The summed E-state index contributed by atoms with van der Waals surface area (Å²) in [5.41, 5.74) is 4.60. The van der Waals surface area contributed by atoms with Crippen LogP contribution in [0.2, 0.25) is 0 Å². The number of rotatable bonds is 6. The zero-order valence-electron chi connectivity index (χ0n) is 14.5. The second kappa shape index (κ2) is 7.77. The SMILES string of the molecule is C[NH+](C)Cc1ccccc1CNC(=O)c1cc(-c2ccccc2)n[nH]1. The number of carbonyl (C=O) groups excluding carboxylic acids is 1. The summed E-state index contributed by atoms with van der Waals surface area (Å²) < 4.78 is 0. The average molecular weight is 335 g/mol. The summed E-state index contributed by atoms with van der Waals surface area (Å²) in [5.74, 6) is -0.151. The summed E-state index contributed by atoms with van der Waals surface area (Å²) in [4.78, 5) is 13.8. The number of benzene rings is 2. The number of amides is 1. The zero-order chi connectivity index (χ0) is 17.6. The maximum absolute atomic E-state index is 12.4. The molecule has 0 aliphatic heterocycles. The third-order valence-corrected chi connectivity index (χ3v) is 3.99. The minimum absolute atomic E-state index is 0.151. The molecule has 0 spiro atoms. The minimum Gasteiger partial charge on any atom is -0.347 e. The highest BCUT2D eigenvalue weighted by atomic mass is 16.1. The van der Waals surface area contributed by atoms with E-state index in [9.17, 15) is 4.79 Å². The maximum atomic E-state index is 12.4. The molecule has 1 aromatic heterocycles. The predicted molar refractivity (Wildman–Crippen MR) is 98.2 cm³/mol. The van der Waals surface area contributed by atoms with Crippen LogP contribution in [-0.4, -0.2) is 30.2 Å². The fourth-order valence-corrected chi connectivity index (χ4v) is 2.75. The van der Waals surface area contributed by atoms with Gasteiger partial charge in [-0.1, -0.05) is 54.6 Å². The smallest absolute Gasteiger partial charge is 0.269 e. The Morgan fingerprint density at radius 1 is 1.04 bits per heavy atom. The van der Waals surface area contributed by atoms with Crippen molar-refractivity contribution < 1.29 is 9.69 Å². The lowest BCUT2D eigenvalue weighted by Crippen LogP contribution is -3.04. The second-order valence-corrected chi connectivity index (χ2v) is 6.37. The van der Waals surface area contributed by atoms with Crippen LogP contribution >= 0.6 is 0 Å². The lowest BCUT2D eigenvalue weighted by molar-refractivity contribution is -0.872. The van der Waals surface area contributed by atoms with E-state index >= 15 is 0 Å². The summed E-state index contributed by atoms with van der Waals surface area (Å²) in [7, 11) is 4.23. The van der Waals surface area contributed by atoms with Crippen LogP contribution in [0, 0.1) is 0 Å². The number of hydrogen-bond donors (Lipinski definition) is 3. The van der Waals surface area contributed by atoms with Gasteiger partial charge in [-0.25, -0.2) is 0 Å². The van der Waals surface area contributed by atoms with Gasteiger partial charge < -0.3 is 10.2 Å². The fourth-order valence-electron chi connectivity index (χ4n) is 2.75. The number of hydrogen-bond acceptors (Lipinski definition) is 2. The van der Waals surface area contributed by atoms with Crippen LogP contribution in [0.15, 0.2) is 60.7 Å². The number of carbonyl (C=O) groups is 1. The molecule has 128 valence electrons. The van der Waals surface area contributed by atoms with E-state index in [1.54, 1.807) is 6.07 Å². The van der Waals surface area contributed by atoms with Crippen molar-refractivity contribution in [3.05, 3.63) is 77.5 Å². The topological polar surface area (TPSA) is 62.2 Å². The van der Waals surface area contributed by atoms with E-state index in [2.05, 4.69) is 41.7 Å². The van der Waals surface area contributed by atoms with Crippen molar-refractivity contribution in [3.8, 4) is 11.3 Å². The standard InChI is InChI=1S/C20H22N4O/c1-24(2)14-17-11-7-6-10-16(17)13-21-20(25)19-12-18(22-23-19)15-8-4-3-5-9-15/h3-12H,13-14H2,1-2H3,(H,21,25)(H,22,23)/p+1. The van der Waals surface area contributed by atoms with Crippen molar-refractivity contribution in [2.75, 3.05) is 14.1 Å². The largest absolute Gasteiger partial charge is 0.347 e. The number of H-pyrrole nitrogens is 1. The summed E-state index contributed by atoms with van der Waals surface area (Å²) in [5, 5.41) is 10.0. The van der Waals surface area contributed by atoms with Crippen LogP contribution in [0.25, 0.3) is 11.3 Å². The highest BCUT2D eigenvalue weighted by Gasteiger charge is 2.12. The van der Waals surface area contributed by atoms with E-state index in [1.165, 1.54) is 10.5 Å². The van der Waals surface area contributed by atoms with Crippen molar-refractivity contribution in [2.24, 2.45) is 0 Å². The molecule has 2 aromatic carbocycles. The second-order valence-electron chi connectivity index (χ2n) is 6.37. The predicted octanol–water partition coefficient (Wildman–Crippen LogP) is 1.65. The van der Waals surface area contributed by atoms with Crippen molar-refractivity contribution in [2.45, 2.75) is 13.1 Å². The average Bonchev–Trinajstić information content (AvgIpc) is 3.11. The van der Waals surface area contributed by atoms with Gasteiger partial charge in [0.1, 0.15) is 12.2 Å². The minimum atomic E-state index is -0.151. The molecule has 0 aliphatic carbocycles. The van der Waals surface area contributed by atoms with E-state index < -0.39 is 0 Å². The molecule has 0 atom stereocenters. The molecule has 5 heteroatoms. The van der Waals surface area contributed by atoms with Crippen LogP contribution in [-0.2, 0) is 13.1 Å². The van der Waals surface area contributed by atoms with Gasteiger partial charge in [0, 0.05) is 17.7 Å². The molecule has 0 bridgehead atoms. The molecule has 0 fully saturated rings. The lowest BCUT2D eigenvalue weighted by atomic mass is 10.1. The Kier molecular flexibility index (Phi) is 5.26. The van der Waals surface area contributed by atoms with Gasteiger partial charge in [0.15, 0.2) is 0 Å². The van der Waals surface area contributed by atoms with Crippen LogP contribution in [0.3, 0.4) is 0 Å². The van der Waals surface area contributed by atoms with Crippen molar-refractivity contribution in [3.63, 3.8) is 0 Å². The van der Waals surface area contributed by atoms with Gasteiger partial charge in [-0.05, 0) is 11.6 Å². The molecule has 1 amide bonds. The normalized spacial score (nSPS) is 10.8. The molecule has 1 heterocycles. The Morgan fingerprint density at radius 3 is 2.44 bits per heavy atom. The van der Waals surface area contributed by atoms with Crippen molar-refractivity contribution in [1.29, 1.82) is 0 Å². The van der Waals surface area contributed by atoms with Crippen molar-refractivity contribution >= 4 is 5.91 Å². The third kappa shape index (κ3) is 4.33. The number of aromatic nitrogens is 2. The summed E-state index contributed by atoms with van der Waals surface area (Å²) in [6.45, 7) is 1.43. The molecule has 0 saturated heterocycles. The Hall–Kier alpha value is -2.92. The van der Waals surface area contributed by atoms with Crippen molar-refractivity contribution in [1.82, 2.24) is 15.5 Å². The van der Waals surface area contributed by atoms with Crippen LogP contribution in [0.1, 0.15) is 21.6 Å². The number of nitrogens with zero attached hydrogens (tertiary/aromatic N) is 1. The first kappa shape index (κ1) is 16.9. The highest BCUT2D eigenvalue weighted by molar-refractivity contribution is 5.93. The summed E-state index contributed by atoms with van der Waals surface area (Å²) in [6, 6.07) is 19.8. The van der Waals surface area contributed by atoms with E-state index in [-0.39, 0.29) is 5.91 Å². The molecular formula is C20H23N4O+. The van der Waals surface area contributed by atoms with Gasteiger partial charge in [-0.3, -0.25) is 9.89 Å². The number of quaternary nitrogens is 1. The van der Waals surface area contributed by atoms with Crippen LogP contribution < -0.4 is 10.2 Å². The molecule has 3 rings (SSSR count). The lowest BCUT2D eigenvalue weighted by Gasteiger charge is -2.12. The van der Waals surface area contributed by atoms with E-state index in [4.69, 9.17) is 0 Å². The molecule has 0 radical (unpaired) electrons.